The number of rotatable bonds is 9. The summed E-state index contributed by atoms with van der Waals surface area (Å²) in [4.78, 5) is 30.6. The largest absolute Gasteiger partial charge is 0.493 e. The number of benzene rings is 3. The van der Waals surface area contributed by atoms with Crippen LogP contribution < -0.4 is 15.0 Å². The fourth-order valence-corrected chi connectivity index (χ4v) is 4.50. The van der Waals surface area contributed by atoms with Gasteiger partial charge in [-0.25, -0.2) is 9.37 Å². The van der Waals surface area contributed by atoms with E-state index in [0.29, 0.717) is 46.1 Å². The summed E-state index contributed by atoms with van der Waals surface area (Å²) in [5.41, 5.74) is 1.79. The molecule has 0 fully saturated rings. The number of ketones is 1. The van der Waals surface area contributed by atoms with Gasteiger partial charge in [-0.05, 0) is 60.5 Å². The van der Waals surface area contributed by atoms with Gasteiger partial charge in [0.05, 0.1) is 30.9 Å². The summed E-state index contributed by atoms with van der Waals surface area (Å²) >= 11 is 1.20. The van der Waals surface area contributed by atoms with Crippen LogP contribution in [0.4, 0.5) is 4.39 Å². The Kier molecular flexibility index (Phi) is 7.27. The Morgan fingerprint density at radius 3 is 2.47 bits per heavy atom. The number of para-hydroxylation sites is 1. The zero-order valence-electron chi connectivity index (χ0n) is 18.8. The van der Waals surface area contributed by atoms with Crippen molar-refractivity contribution < 1.29 is 18.7 Å². The molecular formula is C26H23FN2O4S. The quantitative estimate of drug-likeness (QED) is 0.196. The van der Waals surface area contributed by atoms with Gasteiger partial charge < -0.3 is 9.47 Å². The summed E-state index contributed by atoms with van der Waals surface area (Å²) in [6.45, 7) is 0.374. The molecule has 1 heterocycles. The molecule has 0 aliphatic rings. The highest BCUT2D eigenvalue weighted by Gasteiger charge is 2.15. The topological polar surface area (TPSA) is 70.4 Å². The SMILES string of the molecule is COc1ccc(CCn2c(SCC(=O)c3ccc(F)cc3)nc3ccccc3c2=O)cc1OC. The Hall–Kier alpha value is -3.65. The summed E-state index contributed by atoms with van der Waals surface area (Å²) in [5.74, 6) is 0.755. The average Bonchev–Trinajstić information content (AvgIpc) is 2.87. The van der Waals surface area contributed by atoms with E-state index in [2.05, 4.69) is 4.98 Å². The first kappa shape index (κ1) is 23.5. The first-order valence-electron chi connectivity index (χ1n) is 10.6. The Morgan fingerprint density at radius 2 is 1.74 bits per heavy atom. The molecule has 0 unspecified atom stereocenters. The highest BCUT2D eigenvalue weighted by atomic mass is 32.2. The number of fused-ring (bicyclic) bond motifs is 1. The molecule has 3 aromatic carbocycles. The lowest BCUT2D eigenvalue weighted by molar-refractivity contribution is 0.102. The number of carbonyl (C=O) groups is 1. The first-order valence-corrected chi connectivity index (χ1v) is 11.6. The number of halogens is 1. The van der Waals surface area contributed by atoms with E-state index in [1.807, 2.05) is 24.3 Å². The van der Waals surface area contributed by atoms with E-state index in [-0.39, 0.29) is 17.1 Å². The predicted octanol–water partition coefficient (Wildman–Crippen LogP) is 4.77. The van der Waals surface area contributed by atoms with Crippen molar-refractivity contribution in [2.45, 2.75) is 18.1 Å². The van der Waals surface area contributed by atoms with Crippen LogP contribution in [0, 0.1) is 5.82 Å². The minimum atomic E-state index is -0.399. The molecule has 4 rings (SSSR count). The normalized spacial score (nSPS) is 10.9. The molecule has 0 atom stereocenters. The van der Waals surface area contributed by atoms with Gasteiger partial charge in [-0.2, -0.15) is 0 Å². The molecule has 0 bridgehead atoms. The number of Topliss-reactive ketones (excluding diaryl/α,β-unsaturated/α-hetero) is 1. The van der Waals surface area contributed by atoms with Gasteiger partial charge in [-0.1, -0.05) is 30.0 Å². The number of hydrogen-bond donors (Lipinski definition) is 0. The van der Waals surface area contributed by atoms with Gasteiger partial charge in [0, 0.05) is 12.1 Å². The van der Waals surface area contributed by atoms with Crippen LogP contribution in [0.3, 0.4) is 0 Å². The van der Waals surface area contributed by atoms with E-state index in [9.17, 15) is 14.0 Å². The maximum atomic E-state index is 13.3. The van der Waals surface area contributed by atoms with Gasteiger partial charge in [-0.3, -0.25) is 14.2 Å². The van der Waals surface area contributed by atoms with E-state index in [1.165, 1.54) is 36.0 Å². The summed E-state index contributed by atoms with van der Waals surface area (Å²) in [5, 5.41) is 0.976. The van der Waals surface area contributed by atoms with Gasteiger partial charge in [0.2, 0.25) is 0 Å². The molecule has 0 aliphatic carbocycles. The average molecular weight is 479 g/mol. The highest BCUT2D eigenvalue weighted by Crippen LogP contribution is 2.28. The van der Waals surface area contributed by atoms with E-state index in [1.54, 1.807) is 37.0 Å². The molecule has 0 saturated heterocycles. The molecule has 0 amide bonds. The van der Waals surface area contributed by atoms with Crippen molar-refractivity contribution >= 4 is 28.4 Å². The number of methoxy groups -OCH3 is 2. The van der Waals surface area contributed by atoms with E-state index in [0.717, 1.165) is 5.56 Å². The van der Waals surface area contributed by atoms with Crippen molar-refractivity contribution in [1.29, 1.82) is 0 Å². The second kappa shape index (κ2) is 10.5. The van der Waals surface area contributed by atoms with Crippen molar-refractivity contribution in [3.63, 3.8) is 0 Å². The molecule has 34 heavy (non-hydrogen) atoms. The molecule has 6 nitrogen and oxygen atoms in total. The monoisotopic (exact) mass is 478 g/mol. The Morgan fingerprint density at radius 1 is 1.00 bits per heavy atom. The number of nitrogens with zero attached hydrogens (tertiary/aromatic N) is 2. The second-order valence-electron chi connectivity index (χ2n) is 7.53. The molecule has 174 valence electrons. The van der Waals surface area contributed by atoms with Crippen LogP contribution in [0.15, 0.2) is 76.7 Å². The third-order valence-corrected chi connectivity index (χ3v) is 6.37. The number of aryl methyl sites for hydroxylation is 1. The summed E-state index contributed by atoms with van der Waals surface area (Å²) in [7, 11) is 3.15. The first-order chi connectivity index (χ1) is 16.5. The molecule has 0 radical (unpaired) electrons. The van der Waals surface area contributed by atoms with E-state index in [4.69, 9.17) is 9.47 Å². The van der Waals surface area contributed by atoms with E-state index < -0.39 is 5.82 Å². The molecule has 0 N–H and O–H groups in total. The van der Waals surface area contributed by atoms with Crippen LogP contribution >= 0.6 is 11.8 Å². The third-order valence-electron chi connectivity index (χ3n) is 5.40. The molecule has 1 aromatic heterocycles. The maximum absolute atomic E-state index is 13.3. The molecular weight excluding hydrogens is 455 g/mol. The van der Waals surface area contributed by atoms with Crippen molar-refractivity contribution in [2.24, 2.45) is 0 Å². The van der Waals surface area contributed by atoms with Crippen LogP contribution in [0.25, 0.3) is 10.9 Å². The number of thioether (sulfide) groups is 1. The molecule has 0 aliphatic heterocycles. The zero-order valence-corrected chi connectivity index (χ0v) is 19.6. The predicted molar refractivity (Wildman–Crippen MR) is 131 cm³/mol. The molecule has 8 heteroatoms. The van der Waals surface area contributed by atoms with Crippen LogP contribution in [-0.2, 0) is 13.0 Å². The maximum Gasteiger partial charge on any atom is 0.262 e. The standard InChI is InChI=1S/C26H23FN2O4S/c1-32-23-12-7-17(15-24(23)33-2)13-14-29-25(31)20-5-3-4-6-21(20)28-26(29)34-16-22(30)18-8-10-19(27)11-9-18/h3-12,15H,13-14,16H2,1-2H3. The molecule has 4 aromatic rings. The number of hydrogen-bond acceptors (Lipinski definition) is 6. The van der Waals surface area contributed by atoms with Gasteiger partial charge in [0.25, 0.3) is 5.56 Å². The molecule has 0 spiro atoms. The van der Waals surface area contributed by atoms with Gasteiger partial charge in [0.1, 0.15) is 5.82 Å². The highest BCUT2D eigenvalue weighted by molar-refractivity contribution is 7.99. The van der Waals surface area contributed by atoms with Crippen LogP contribution in [0.1, 0.15) is 15.9 Å². The van der Waals surface area contributed by atoms with Crippen LogP contribution in [0.2, 0.25) is 0 Å². The third kappa shape index (κ3) is 5.12. The Balaban J connectivity index is 1.61. The minimum Gasteiger partial charge on any atom is -0.493 e. The summed E-state index contributed by atoms with van der Waals surface area (Å²) in [6.07, 6.45) is 0.555. The van der Waals surface area contributed by atoms with Crippen molar-refractivity contribution in [2.75, 3.05) is 20.0 Å². The van der Waals surface area contributed by atoms with Gasteiger partial charge in [0.15, 0.2) is 22.4 Å². The summed E-state index contributed by atoms with van der Waals surface area (Å²) < 4.78 is 25.4. The Labute approximate surface area is 200 Å². The lowest BCUT2D eigenvalue weighted by Gasteiger charge is -2.14. The second-order valence-corrected chi connectivity index (χ2v) is 8.47. The van der Waals surface area contributed by atoms with E-state index >= 15 is 0 Å². The van der Waals surface area contributed by atoms with Crippen LogP contribution in [-0.4, -0.2) is 35.3 Å². The van der Waals surface area contributed by atoms with Gasteiger partial charge in [-0.15, -0.1) is 0 Å². The lowest BCUT2D eigenvalue weighted by atomic mass is 10.1. The number of aromatic nitrogens is 2. The fraction of sp³-hybridized carbons (Fsp3) is 0.192. The van der Waals surface area contributed by atoms with Crippen LogP contribution in [0.5, 0.6) is 11.5 Å². The smallest absolute Gasteiger partial charge is 0.262 e. The Bertz CT molecular complexity index is 1390. The summed E-state index contributed by atoms with van der Waals surface area (Å²) in [6, 6.07) is 18.2. The minimum absolute atomic E-state index is 0.0762. The van der Waals surface area contributed by atoms with Crippen molar-refractivity contribution in [3.05, 3.63) is 94.0 Å². The molecule has 0 saturated carbocycles. The number of ether oxygens (including phenoxy) is 2. The number of carbonyl (C=O) groups excluding carboxylic acids is 1. The van der Waals surface area contributed by atoms with Gasteiger partial charge >= 0.3 is 0 Å². The zero-order chi connectivity index (χ0) is 24.1. The van der Waals surface area contributed by atoms with Crippen molar-refractivity contribution in [1.82, 2.24) is 9.55 Å². The fourth-order valence-electron chi connectivity index (χ4n) is 3.58. The lowest BCUT2D eigenvalue weighted by Crippen LogP contribution is -2.24. The van der Waals surface area contributed by atoms with Crippen molar-refractivity contribution in [3.8, 4) is 11.5 Å².